The summed E-state index contributed by atoms with van der Waals surface area (Å²) in [6.07, 6.45) is -7.31. The van der Waals surface area contributed by atoms with E-state index in [9.17, 15) is 20.1 Å². The van der Waals surface area contributed by atoms with Gasteiger partial charge in [0, 0.05) is 31.2 Å². The highest BCUT2D eigenvalue weighted by molar-refractivity contribution is 5.97. The molecule has 11 nitrogen and oxygen atoms in total. The molecule has 11 heteroatoms. The molecule has 0 amide bonds. The van der Waals surface area contributed by atoms with Gasteiger partial charge in [-0.3, -0.25) is 4.79 Å². The van der Waals surface area contributed by atoms with Gasteiger partial charge in [0.15, 0.2) is 6.10 Å². The molecule has 2 aromatic carbocycles. The van der Waals surface area contributed by atoms with Crippen molar-refractivity contribution in [3.8, 4) is 17.2 Å². The fraction of sp³-hybridized carbons (Fsp3) is 0.560. The van der Waals surface area contributed by atoms with Crippen LogP contribution in [0.4, 0.5) is 0 Å². The topological polar surface area (TPSA) is 142 Å². The van der Waals surface area contributed by atoms with Crippen LogP contribution >= 0.6 is 0 Å². The Morgan fingerprint density at radius 1 is 1.11 bits per heavy atom. The van der Waals surface area contributed by atoms with Gasteiger partial charge in [0.25, 0.3) is 0 Å². The largest absolute Gasteiger partial charge is 0.497 e. The molecule has 5 unspecified atom stereocenters. The van der Waals surface area contributed by atoms with Crippen LogP contribution < -0.4 is 14.2 Å². The number of rotatable bonds is 7. The maximum atomic E-state index is 11.9. The van der Waals surface area contributed by atoms with E-state index in [0.717, 1.165) is 0 Å². The number of fused-ring (bicyclic) bond motifs is 2. The number of methoxy groups -OCH3 is 3. The molecule has 0 bridgehead atoms. The van der Waals surface area contributed by atoms with Crippen molar-refractivity contribution in [1.29, 1.82) is 0 Å². The number of carbonyl (C=O) groups is 1. The summed E-state index contributed by atoms with van der Waals surface area (Å²) in [6, 6.07) is 5.32. The molecule has 2 aliphatic rings. The van der Waals surface area contributed by atoms with Crippen molar-refractivity contribution < 1.29 is 53.3 Å². The van der Waals surface area contributed by atoms with Crippen LogP contribution in [-0.2, 0) is 30.3 Å². The van der Waals surface area contributed by atoms with E-state index >= 15 is 0 Å². The van der Waals surface area contributed by atoms with Gasteiger partial charge < -0.3 is 48.5 Å². The van der Waals surface area contributed by atoms with Crippen LogP contribution in [-0.4, -0.2) is 86.0 Å². The van der Waals surface area contributed by atoms with E-state index in [2.05, 4.69) is 0 Å². The van der Waals surface area contributed by atoms with Crippen LogP contribution in [0.1, 0.15) is 31.1 Å². The zero-order valence-electron chi connectivity index (χ0n) is 20.8. The second-order valence-corrected chi connectivity index (χ2v) is 8.77. The molecule has 2 aliphatic heterocycles. The van der Waals surface area contributed by atoms with Crippen LogP contribution in [0.3, 0.4) is 0 Å². The first-order valence-corrected chi connectivity index (χ1v) is 11.6. The van der Waals surface area contributed by atoms with E-state index in [1.807, 2.05) is 6.07 Å². The number of benzene rings is 2. The minimum atomic E-state index is -1.50. The molecule has 36 heavy (non-hydrogen) atoms. The molecule has 7 atom stereocenters. The number of hydrogen-bond acceptors (Lipinski definition) is 11. The molecule has 3 N–H and O–H groups in total. The Kier molecular flexibility index (Phi) is 7.88. The highest BCUT2D eigenvalue weighted by Gasteiger charge is 2.46. The van der Waals surface area contributed by atoms with Crippen molar-refractivity contribution in [2.45, 2.75) is 63.4 Å². The predicted octanol–water partition coefficient (Wildman–Crippen LogP) is 1.21. The summed E-state index contributed by atoms with van der Waals surface area (Å²) in [4.78, 5) is 11.9. The SMILES string of the molecule is COc1cc(OC)c2c(OC3OC(CO)C(OC)C(O)C3O)c3c(cc2c1)[C@H](OC(C)=O)[C@H](C)OC3. The first kappa shape index (κ1) is 26.4. The molecule has 0 saturated carbocycles. The molecule has 0 radical (unpaired) electrons. The van der Waals surface area contributed by atoms with Gasteiger partial charge >= 0.3 is 5.97 Å². The molecule has 2 aromatic rings. The van der Waals surface area contributed by atoms with Crippen molar-refractivity contribution in [1.82, 2.24) is 0 Å². The van der Waals surface area contributed by atoms with Crippen LogP contribution in [0.5, 0.6) is 17.2 Å². The van der Waals surface area contributed by atoms with Crippen molar-refractivity contribution in [3.63, 3.8) is 0 Å². The van der Waals surface area contributed by atoms with Crippen LogP contribution in [0.25, 0.3) is 10.8 Å². The molecule has 198 valence electrons. The average Bonchev–Trinajstić information content (AvgIpc) is 2.87. The summed E-state index contributed by atoms with van der Waals surface area (Å²) in [5, 5.41) is 32.4. The minimum absolute atomic E-state index is 0.115. The van der Waals surface area contributed by atoms with E-state index < -0.39 is 55.5 Å². The van der Waals surface area contributed by atoms with Crippen LogP contribution in [0, 0.1) is 0 Å². The van der Waals surface area contributed by atoms with Crippen molar-refractivity contribution in [3.05, 3.63) is 29.3 Å². The van der Waals surface area contributed by atoms with Gasteiger partial charge in [0.05, 0.1) is 38.9 Å². The second-order valence-electron chi connectivity index (χ2n) is 8.77. The number of hydrogen-bond donors (Lipinski definition) is 3. The Bertz CT molecular complexity index is 1100. The Labute approximate surface area is 208 Å². The van der Waals surface area contributed by atoms with E-state index in [1.165, 1.54) is 28.3 Å². The normalized spacial score (nSPS) is 29.9. The molecule has 2 heterocycles. The molecular weight excluding hydrogens is 476 g/mol. The standard InChI is InChI=1S/C25H32O11/c1-11-22(34-12(2)27)15-7-13-6-14(30-3)8-17(31-4)19(13)23(16(15)10-33-11)36-25-21(29)20(28)24(32-5)18(9-26)35-25/h6-8,11,18,20-22,24-26,28-29H,9-10H2,1-5H3/t11-,18?,20?,21?,22+,24?,25?/m0/s1. The third kappa shape index (κ3) is 4.70. The predicted molar refractivity (Wildman–Crippen MR) is 125 cm³/mol. The summed E-state index contributed by atoms with van der Waals surface area (Å²) in [5.41, 5.74) is 1.22. The lowest BCUT2D eigenvalue weighted by Crippen LogP contribution is -2.60. The molecule has 4 rings (SSSR count). The first-order valence-electron chi connectivity index (χ1n) is 11.6. The van der Waals surface area contributed by atoms with E-state index in [4.69, 9.17) is 33.2 Å². The summed E-state index contributed by atoms with van der Waals surface area (Å²) in [5.74, 6) is 0.737. The van der Waals surface area contributed by atoms with Gasteiger partial charge in [-0.1, -0.05) is 0 Å². The van der Waals surface area contributed by atoms with Crippen LogP contribution in [0.2, 0.25) is 0 Å². The van der Waals surface area contributed by atoms with E-state index in [0.29, 0.717) is 33.4 Å². The molecular formula is C25H32O11. The maximum Gasteiger partial charge on any atom is 0.303 e. The zero-order chi connectivity index (χ0) is 26.1. The summed E-state index contributed by atoms with van der Waals surface area (Å²) < 4.78 is 39.8. The average molecular weight is 509 g/mol. The van der Waals surface area contributed by atoms with Gasteiger partial charge in [0.1, 0.15) is 41.7 Å². The minimum Gasteiger partial charge on any atom is -0.497 e. The van der Waals surface area contributed by atoms with Gasteiger partial charge in [-0.15, -0.1) is 0 Å². The zero-order valence-corrected chi connectivity index (χ0v) is 20.8. The number of esters is 1. The lowest BCUT2D eigenvalue weighted by molar-refractivity contribution is -0.281. The fourth-order valence-electron chi connectivity index (χ4n) is 4.77. The third-order valence-electron chi connectivity index (χ3n) is 6.57. The van der Waals surface area contributed by atoms with Crippen LogP contribution in [0.15, 0.2) is 18.2 Å². The maximum absolute atomic E-state index is 11.9. The molecule has 0 spiro atoms. The van der Waals surface area contributed by atoms with Gasteiger partial charge in [-0.2, -0.15) is 0 Å². The number of ether oxygens (including phenoxy) is 7. The first-order chi connectivity index (χ1) is 17.2. The molecule has 1 saturated heterocycles. The van der Waals surface area contributed by atoms with Crippen molar-refractivity contribution >= 4 is 16.7 Å². The van der Waals surface area contributed by atoms with Crippen molar-refractivity contribution in [2.24, 2.45) is 0 Å². The molecule has 0 aliphatic carbocycles. The highest BCUT2D eigenvalue weighted by Crippen LogP contribution is 2.47. The lowest BCUT2D eigenvalue weighted by atomic mass is 9.91. The monoisotopic (exact) mass is 508 g/mol. The van der Waals surface area contributed by atoms with Crippen molar-refractivity contribution in [2.75, 3.05) is 27.9 Å². The van der Waals surface area contributed by atoms with Gasteiger partial charge in [-0.25, -0.2) is 0 Å². The number of aliphatic hydroxyl groups excluding tert-OH is 3. The fourth-order valence-corrected chi connectivity index (χ4v) is 4.77. The lowest BCUT2D eigenvalue weighted by Gasteiger charge is -2.42. The summed E-state index contributed by atoms with van der Waals surface area (Å²) >= 11 is 0. The Balaban J connectivity index is 1.90. The number of aliphatic hydroxyl groups is 3. The highest BCUT2D eigenvalue weighted by atomic mass is 16.7. The molecule has 1 fully saturated rings. The quantitative estimate of drug-likeness (QED) is 0.465. The smallest absolute Gasteiger partial charge is 0.303 e. The Morgan fingerprint density at radius 2 is 1.86 bits per heavy atom. The summed E-state index contributed by atoms with van der Waals surface area (Å²) in [6.45, 7) is 2.77. The number of carbonyl (C=O) groups excluding carboxylic acids is 1. The third-order valence-corrected chi connectivity index (χ3v) is 6.57. The second kappa shape index (κ2) is 10.8. The Morgan fingerprint density at radius 3 is 2.47 bits per heavy atom. The Hall–Kier alpha value is -2.67. The molecule has 0 aromatic heterocycles. The van der Waals surface area contributed by atoms with E-state index in [-0.39, 0.29) is 12.4 Å². The summed E-state index contributed by atoms with van der Waals surface area (Å²) in [7, 11) is 4.38. The van der Waals surface area contributed by atoms with Gasteiger partial charge in [0.2, 0.25) is 6.29 Å². The van der Waals surface area contributed by atoms with E-state index in [1.54, 1.807) is 19.1 Å². The van der Waals surface area contributed by atoms with Gasteiger partial charge in [-0.05, 0) is 24.4 Å².